The fourth-order valence-electron chi connectivity index (χ4n) is 6.26. The zero-order chi connectivity index (χ0) is 24.2. The Bertz CT molecular complexity index is 943. The quantitative estimate of drug-likeness (QED) is 0.272. The topological polar surface area (TPSA) is 79.4 Å². The fraction of sp³-hybridized carbons (Fsp3) is 0.586. The summed E-state index contributed by atoms with van der Waals surface area (Å²) in [6, 6.07) is 3.78. The van der Waals surface area contributed by atoms with Crippen LogP contribution >= 0.6 is 0 Å². The fourth-order valence-corrected chi connectivity index (χ4v) is 6.26. The van der Waals surface area contributed by atoms with E-state index in [0.717, 1.165) is 25.7 Å². The van der Waals surface area contributed by atoms with Crippen molar-refractivity contribution in [2.45, 2.75) is 71.5 Å². The van der Waals surface area contributed by atoms with Crippen LogP contribution in [0, 0.1) is 35.5 Å². The van der Waals surface area contributed by atoms with Gasteiger partial charge in [0.05, 0.1) is 23.8 Å². The summed E-state index contributed by atoms with van der Waals surface area (Å²) < 4.78 is 6.33. The van der Waals surface area contributed by atoms with Crippen molar-refractivity contribution in [1.82, 2.24) is 4.98 Å². The predicted octanol–water partition coefficient (Wildman–Crippen LogP) is 6.21. The number of carboxylic acids is 1. The zero-order valence-corrected chi connectivity index (χ0v) is 20.7. The molecule has 5 nitrogen and oxygen atoms in total. The number of Topliss-reactive ketones (excluding diaryl/α,β-unsaturated/α-hetero) is 1. The number of allylic oxidation sites excluding steroid dienone is 5. The van der Waals surface area contributed by atoms with E-state index in [1.807, 2.05) is 18.3 Å². The van der Waals surface area contributed by atoms with E-state index in [9.17, 15) is 14.7 Å². The second kappa shape index (κ2) is 10.9. The maximum absolute atomic E-state index is 13.4. The Morgan fingerprint density at radius 3 is 2.76 bits per heavy atom. The highest BCUT2D eigenvalue weighted by atomic mass is 16.5. The van der Waals surface area contributed by atoms with E-state index in [2.05, 4.69) is 49.2 Å². The minimum Gasteiger partial charge on any atom is -0.481 e. The van der Waals surface area contributed by atoms with Gasteiger partial charge >= 0.3 is 5.97 Å². The van der Waals surface area contributed by atoms with Gasteiger partial charge in [-0.25, -0.2) is 0 Å². The molecule has 0 aromatic carbocycles. The Morgan fingerprint density at radius 2 is 2.06 bits per heavy atom. The number of ketones is 1. The first-order valence-electron chi connectivity index (χ1n) is 13.0. The van der Waals surface area contributed by atoms with Crippen LogP contribution in [0.3, 0.4) is 0 Å². The van der Waals surface area contributed by atoms with Crippen LogP contribution in [0.1, 0.15) is 69.8 Å². The van der Waals surface area contributed by atoms with Gasteiger partial charge in [0.1, 0.15) is 0 Å². The Hall–Kier alpha value is -2.40. The number of nitrogens with one attached hydrogen (secondary N) is 1. The molecule has 1 aromatic heterocycles. The number of ether oxygens (including phenoxy) is 1. The van der Waals surface area contributed by atoms with Gasteiger partial charge in [0.2, 0.25) is 0 Å². The molecule has 8 atom stereocenters. The summed E-state index contributed by atoms with van der Waals surface area (Å²) >= 11 is 0. The van der Waals surface area contributed by atoms with Crippen LogP contribution in [-0.4, -0.2) is 34.1 Å². The number of hydrogen-bond donors (Lipinski definition) is 2. The highest BCUT2D eigenvalue weighted by Gasteiger charge is 2.42. The molecule has 1 aromatic rings. The van der Waals surface area contributed by atoms with E-state index in [0.29, 0.717) is 23.4 Å². The van der Waals surface area contributed by atoms with Crippen LogP contribution in [0.15, 0.2) is 54.3 Å². The van der Waals surface area contributed by atoms with Crippen molar-refractivity contribution in [1.29, 1.82) is 0 Å². The number of carbonyl (C=O) groups is 2. The van der Waals surface area contributed by atoms with Gasteiger partial charge in [-0.15, -0.1) is 0 Å². The second-order valence-corrected chi connectivity index (χ2v) is 10.5. The van der Waals surface area contributed by atoms with E-state index >= 15 is 0 Å². The normalized spacial score (nSPS) is 34.8. The molecule has 0 bridgehead atoms. The number of aliphatic carboxylic acids is 1. The summed E-state index contributed by atoms with van der Waals surface area (Å²) in [4.78, 5) is 28.0. The lowest BCUT2D eigenvalue weighted by Gasteiger charge is -2.37. The zero-order valence-electron chi connectivity index (χ0n) is 20.7. The van der Waals surface area contributed by atoms with Gasteiger partial charge in [0.25, 0.3) is 0 Å². The number of H-pyrrole nitrogens is 1. The minimum atomic E-state index is -0.799. The van der Waals surface area contributed by atoms with Crippen LogP contribution in [0.25, 0.3) is 0 Å². The second-order valence-electron chi connectivity index (χ2n) is 10.5. The third-order valence-corrected chi connectivity index (χ3v) is 8.36. The molecule has 6 unspecified atom stereocenters. The summed E-state index contributed by atoms with van der Waals surface area (Å²) in [6.45, 7) is 6.05. The summed E-state index contributed by atoms with van der Waals surface area (Å²) in [5.41, 5.74) is 1.90. The van der Waals surface area contributed by atoms with Gasteiger partial charge in [-0.05, 0) is 74.5 Å². The molecular weight excluding hydrogens is 426 g/mol. The summed E-state index contributed by atoms with van der Waals surface area (Å²) in [7, 11) is 0. The molecule has 4 rings (SSSR count). The smallest absolute Gasteiger partial charge is 0.308 e. The molecule has 2 aliphatic carbocycles. The predicted molar refractivity (Wildman–Crippen MR) is 133 cm³/mol. The van der Waals surface area contributed by atoms with Gasteiger partial charge in [-0.2, -0.15) is 0 Å². The molecule has 1 saturated carbocycles. The number of hydrogen-bond acceptors (Lipinski definition) is 3. The average Bonchev–Trinajstić information content (AvgIpc) is 3.53. The number of aromatic nitrogens is 1. The molecule has 5 heteroatoms. The third kappa shape index (κ3) is 5.14. The first-order valence-corrected chi connectivity index (χ1v) is 13.0. The largest absolute Gasteiger partial charge is 0.481 e. The van der Waals surface area contributed by atoms with Gasteiger partial charge in [0.15, 0.2) is 5.78 Å². The maximum Gasteiger partial charge on any atom is 0.308 e. The Balaban J connectivity index is 1.53. The number of carbonyl (C=O) groups excluding carboxylic acids is 1. The van der Waals surface area contributed by atoms with Gasteiger partial charge < -0.3 is 14.8 Å². The molecule has 34 heavy (non-hydrogen) atoms. The lowest BCUT2D eigenvalue weighted by Crippen LogP contribution is -2.40. The highest BCUT2D eigenvalue weighted by molar-refractivity contribution is 5.97. The van der Waals surface area contributed by atoms with Crippen LogP contribution in [0.4, 0.5) is 0 Å². The van der Waals surface area contributed by atoms with Crippen LogP contribution in [-0.2, 0) is 9.53 Å². The number of rotatable bonds is 8. The Labute approximate surface area is 203 Å². The highest BCUT2D eigenvalue weighted by Crippen LogP contribution is 2.46. The molecular formula is C29H39NO4. The van der Waals surface area contributed by atoms with Crippen LogP contribution in [0.2, 0.25) is 0 Å². The molecule has 2 N–H and O–H groups in total. The average molecular weight is 466 g/mol. The number of fused-ring (bicyclic) bond motifs is 1. The molecule has 0 amide bonds. The standard InChI is InChI=1S/C29H39NO4/c1-4-20(28-18(2)13-16-25(34-28)19(3)29(32)33)8-5-10-22-15-14-21-9-6-11-23(21)26(22)27(31)24-12-7-17-30-24/h5,7-8,10,12,14-15,17-19,21-23,25-26,28,30H,4,6,9,11,13,16H2,1-3H3,(H,32,33)/t18-,19-,21?,22?,23?,25?,26?,28?/m0/s1. The van der Waals surface area contributed by atoms with Crippen molar-refractivity contribution in [3.05, 3.63) is 60.0 Å². The molecule has 2 heterocycles. The first kappa shape index (κ1) is 24.7. The first-order chi connectivity index (χ1) is 16.4. The Morgan fingerprint density at radius 1 is 1.24 bits per heavy atom. The van der Waals surface area contributed by atoms with Crippen molar-refractivity contribution in [3.63, 3.8) is 0 Å². The van der Waals surface area contributed by atoms with Crippen LogP contribution < -0.4 is 0 Å². The lowest BCUT2D eigenvalue weighted by molar-refractivity contribution is -0.152. The molecule has 184 valence electrons. The van der Waals surface area contributed by atoms with E-state index < -0.39 is 11.9 Å². The van der Waals surface area contributed by atoms with Crippen molar-refractivity contribution in [3.8, 4) is 0 Å². The van der Waals surface area contributed by atoms with Crippen molar-refractivity contribution in [2.75, 3.05) is 0 Å². The third-order valence-electron chi connectivity index (χ3n) is 8.36. The Kier molecular flexibility index (Phi) is 7.92. The van der Waals surface area contributed by atoms with Crippen LogP contribution in [0.5, 0.6) is 0 Å². The van der Waals surface area contributed by atoms with Crippen molar-refractivity contribution >= 4 is 11.8 Å². The maximum atomic E-state index is 13.4. The molecule has 0 radical (unpaired) electrons. The van der Waals surface area contributed by atoms with E-state index in [4.69, 9.17) is 4.74 Å². The van der Waals surface area contributed by atoms with E-state index in [-0.39, 0.29) is 29.8 Å². The lowest BCUT2D eigenvalue weighted by atomic mass is 9.69. The summed E-state index contributed by atoms with van der Waals surface area (Å²) in [6.07, 6.45) is 18.6. The molecule has 2 fully saturated rings. The van der Waals surface area contributed by atoms with Gasteiger partial charge in [0, 0.05) is 18.0 Å². The SMILES string of the molecule is CCC(=CC=CC1C=CC2CCCC2C1C(=O)c1ccc[nH]1)C1OC([C@H](C)C(=O)O)CC[C@@H]1C. The summed E-state index contributed by atoms with van der Waals surface area (Å²) in [5, 5.41) is 9.43. The molecule has 3 aliphatic rings. The van der Waals surface area contributed by atoms with Gasteiger partial charge in [-0.3, -0.25) is 9.59 Å². The summed E-state index contributed by atoms with van der Waals surface area (Å²) in [5.74, 6) is 0.237. The van der Waals surface area contributed by atoms with Gasteiger partial charge in [-0.1, -0.05) is 50.6 Å². The van der Waals surface area contributed by atoms with E-state index in [1.54, 1.807) is 6.92 Å². The molecule has 0 spiro atoms. The molecule has 1 saturated heterocycles. The molecule has 1 aliphatic heterocycles. The monoisotopic (exact) mass is 465 g/mol. The van der Waals surface area contributed by atoms with Crippen molar-refractivity contribution < 1.29 is 19.4 Å². The van der Waals surface area contributed by atoms with E-state index in [1.165, 1.54) is 18.4 Å². The number of aromatic amines is 1. The minimum absolute atomic E-state index is 0.0310. The van der Waals surface area contributed by atoms with Crippen molar-refractivity contribution in [2.24, 2.45) is 35.5 Å². The number of carboxylic acid groups (broad SMARTS) is 1.